The second-order valence-electron chi connectivity index (χ2n) is 3.84. The highest BCUT2D eigenvalue weighted by atomic mass is 32.1. The van der Waals surface area contributed by atoms with Gasteiger partial charge < -0.3 is 10.1 Å². The summed E-state index contributed by atoms with van der Waals surface area (Å²) in [6.07, 6.45) is 0. The second kappa shape index (κ2) is 5.77. The molecule has 1 heterocycles. The van der Waals surface area contributed by atoms with Crippen molar-refractivity contribution in [2.24, 2.45) is 0 Å². The number of hydrogen-bond acceptors (Lipinski definition) is 5. The maximum atomic E-state index is 11.8. The Balaban J connectivity index is 2.21. The number of carbonyl (C=O) groups is 1. The van der Waals surface area contributed by atoms with Gasteiger partial charge in [-0.2, -0.15) is 0 Å². The van der Waals surface area contributed by atoms with Gasteiger partial charge in [-0.25, -0.2) is 0 Å². The number of amides is 1. The van der Waals surface area contributed by atoms with Gasteiger partial charge in [-0.1, -0.05) is 0 Å². The maximum Gasteiger partial charge on any atom is 0.270 e. The van der Waals surface area contributed by atoms with Gasteiger partial charge in [0.2, 0.25) is 0 Å². The molecule has 0 aliphatic heterocycles. The standard InChI is InChI=1S/C12H12N2O4S/c1-18-5-4-13-12(15)11-7-8-6-9(14(16)17)2-3-10(8)19-11/h2-3,6-7H,4-5H2,1H3,(H,13,15). The molecule has 0 aliphatic rings. The molecule has 1 aromatic heterocycles. The van der Waals surface area contributed by atoms with Crippen LogP contribution in [0.1, 0.15) is 9.67 Å². The molecule has 0 saturated carbocycles. The Morgan fingerprint density at radius 3 is 2.95 bits per heavy atom. The molecular weight excluding hydrogens is 268 g/mol. The Morgan fingerprint density at radius 1 is 1.47 bits per heavy atom. The molecule has 0 bridgehead atoms. The van der Waals surface area contributed by atoms with Crippen LogP contribution in [0.15, 0.2) is 24.3 Å². The van der Waals surface area contributed by atoms with Gasteiger partial charge in [0.1, 0.15) is 0 Å². The summed E-state index contributed by atoms with van der Waals surface area (Å²) in [6.45, 7) is 0.881. The molecule has 6 nitrogen and oxygen atoms in total. The van der Waals surface area contributed by atoms with Crippen LogP contribution in [-0.2, 0) is 4.74 Å². The molecule has 0 fully saturated rings. The fourth-order valence-electron chi connectivity index (χ4n) is 1.61. The number of thiophene rings is 1. The smallest absolute Gasteiger partial charge is 0.270 e. The number of methoxy groups -OCH3 is 1. The fraction of sp³-hybridized carbons (Fsp3) is 0.250. The average molecular weight is 280 g/mol. The summed E-state index contributed by atoms with van der Waals surface area (Å²) in [4.78, 5) is 22.6. The van der Waals surface area contributed by atoms with E-state index >= 15 is 0 Å². The van der Waals surface area contributed by atoms with E-state index in [1.807, 2.05) is 0 Å². The lowest BCUT2D eigenvalue weighted by Gasteiger charge is -2.01. The number of ether oxygens (including phenoxy) is 1. The van der Waals surface area contributed by atoms with Crippen molar-refractivity contribution in [2.45, 2.75) is 0 Å². The fourth-order valence-corrected chi connectivity index (χ4v) is 2.57. The van der Waals surface area contributed by atoms with Crippen LogP contribution >= 0.6 is 11.3 Å². The Morgan fingerprint density at radius 2 is 2.26 bits per heavy atom. The first kappa shape index (κ1) is 13.4. The number of nitro benzene ring substituents is 1. The highest BCUT2D eigenvalue weighted by Crippen LogP contribution is 2.28. The molecule has 2 rings (SSSR count). The van der Waals surface area contributed by atoms with Crippen molar-refractivity contribution in [3.63, 3.8) is 0 Å². The van der Waals surface area contributed by atoms with Crippen molar-refractivity contribution in [3.8, 4) is 0 Å². The highest BCUT2D eigenvalue weighted by molar-refractivity contribution is 7.20. The number of nitrogens with zero attached hydrogens (tertiary/aromatic N) is 1. The van der Waals surface area contributed by atoms with Gasteiger partial charge in [-0.05, 0) is 12.1 Å². The molecule has 2 aromatic rings. The van der Waals surface area contributed by atoms with Gasteiger partial charge in [-0.15, -0.1) is 11.3 Å². The third-order valence-electron chi connectivity index (χ3n) is 2.53. The van der Waals surface area contributed by atoms with Crippen molar-refractivity contribution in [1.29, 1.82) is 0 Å². The van der Waals surface area contributed by atoms with E-state index in [0.29, 0.717) is 23.4 Å². The zero-order valence-corrected chi connectivity index (χ0v) is 11.0. The third kappa shape index (κ3) is 3.07. The number of nitrogens with one attached hydrogen (secondary N) is 1. The van der Waals surface area contributed by atoms with E-state index in [-0.39, 0.29) is 11.6 Å². The minimum atomic E-state index is -0.449. The summed E-state index contributed by atoms with van der Waals surface area (Å²) in [5, 5.41) is 14.1. The maximum absolute atomic E-state index is 11.8. The molecule has 100 valence electrons. The van der Waals surface area contributed by atoms with Gasteiger partial charge in [0, 0.05) is 35.9 Å². The molecule has 1 N–H and O–H groups in total. The molecule has 0 atom stereocenters. The van der Waals surface area contributed by atoms with Crippen LogP contribution in [0.2, 0.25) is 0 Å². The van der Waals surface area contributed by atoms with Crippen LogP contribution in [-0.4, -0.2) is 31.1 Å². The van der Waals surface area contributed by atoms with Crippen LogP contribution in [0.4, 0.5) is 5.69 Å². The lowest BCUT2D eigenvalue weighted by atomic mass is 10.2. The monoisotopic (exact) mass is 280 g/mol. The van der Waals surface area contributed by atoms with Crippen molar-refractivity contribution in [1.82, 2.24) is 5.32 Å². The van der Waals surface area contributed by atoms with Crippen LogP contribution in [0, 0.1) is 10.1 Å². The second-order valence-corrected chi connectivity index (χ2v) is 4.92. The summed E-state index contributed by atoms with van der Waals surface area (Å²) in [5.74, 6) is -0.194. The quantitative estimate of drug-likeness (QED) is 0.517. The van der Waals surface area contributed by atoms with E-state index in [1.54, 1.807) is 19.2 Å². The normalized spacial score (nSPS) is 10.6. The van der Waals surface area contributed by atoms with Crippen molar-refractivity contribution >= 4 is 33.0 Å². The summed E-state index contributed by atoms with van der Waals surface area (Å²) in [5.41, 5.74) is 0.0247. The van der Waals surface area contributed by atoms with Gasteiger partial charge in [0.25, 0.3) is 11.6 Å². The van der Waals surface area contributed by atoms with E-state index in [0.717, 1.165) is 4.70 Å². The van der Waals surface area contributed by atoms with Crippen LogP contribution in [0.25, 0.3) is 10.1 Å². The van der Waals surface area contributed by atoms with Crippen LogP contribution < -0.4 is 5.32 Å². The number of benzene rings is 1. The molecular formula is C12H12N2O4S. The summed E-state index contributed by atoms with van der Waals surface area (Å²) in [7, 11) is 1.56. The zero-order chi connectivity index (χ0) is 13.8. The van der Waals surface area contributed by atoms with E-state index in [2.05, 4.69) is 5.32 Å². The summed E-state index contributed by atoms with van der Waals surface area (Å²) in [6, 6.07) is 6.22. The zero-order valence-electron chi connectivity index (χ0n) is 10.2. The SMILES string of the molecule is COCCNC(=O)c1cc2cc([N+](=O)[O-])ccc2s1. The predicted octanol–water partition coefficient (Wildman–Crippen LogP) is 2.19. The van der Waals surface area contributed by atoms with E-state index in [9.17, 15) is 14.9 Å². The Kier molecular flexibility index (Phi) is 4.08. The molecule has 1 amide bonds. The number of rotatable bonds is 5. The minimum absolute atomic E-state index is 0.0247. The van der Waals surface area contributed by atoms with Crippen molar-refractivity contribution in [3.05, 3.63) is 39.3 Å². The molecule has 1 aromatic carbocycles. The molecule has 0 saturated heterocycles. The third-order valence-corrected chi connectivity index (χ3v) is 3.64. The van der Waals surface area contributed by atoms with Gasteiger partial charge in [0.15, 0.2) is 0 Å². The predicted molar refractivity (Wildman–Crippen MR) is 72.7 cm³/mol. The van der Waals surface area contributed by atoms with E-state index in [1.165, 1.54) is 23.5 Å². The lowest BCUT2D eigenvalue weighted by Crippen LogP contribution is -2.26. The van der Waals surface area contributed by atoms with Crippen molar-refractivity contribution in [2.75, 3.05) is 20.3 Å². The Hall–Kier alpha value is -1.99. The first-order valence-electron chi connectivity index (χ1n) is 5.57. The topological polar surface area (TPSA) is 81.5 Å². The summed E-state index contributed by atoms with van der Waals surface area (Å²) >= 11 is 1.31. The first-order chi connectivity index (χ1) is 9.11. The molecule has 0 aliphatic carbocycles. The largest absolute Gasteiger partial charge is 0.383 e. The Labute approximate surface area is 113 Å². The highest BCUT2D eigenvalue weighted by Gasteiger charge is 2.12. The molecule has 0 spiro atoms. The number of hydrogen-bond donors (Lipinski definition) is 1. The molecule has 7 heteroatoms. The average Bonchev–Trinajstić information content (AvgIpc) is 2.81. The van der Waals surface area contributed by atoms with Gasteiger partial charge in [-0.3, -0.25) is 14.9 Å². The van der Waals surface area contributed by atoms with E-state index < -0.39 is 4.92 Å². The van der Waals surface area contributed by atoms with Crippen LogP contribution in [0.5, 0.6) is 0 Å². The Bertz CT molecular complexity index is 623. The first-order valence-corrected chi connectivity index (χ1v) is 6.38. The molecule has 0 radical (unpaired) electrons. The summed E-state index contributed by atoms with van der Waals surface area (Å²) < 4.78 is 5.69. The number of nitro groups is 1. The minimum Gasteiger partial charge on any atom is -0.383 e. The van der Waals surface area contributed by atoms with Crippen molar-refractivity contribution < 1.29 is 14.5 Å². The molecule has 19 heavy (non-hydrogen) atoms. The molecule has 0 unspecified atom stereocenters. The van der Waals surface area contributed by atoms with Gasteiger partial charge in [0.05, 0.1) is 16.4 Å². The number of fused-ring (bicyclic) bond motifs is 1. The van der Waals surface area contributed by atoms with E-state index in [4.69, 9.17) is 4.74 Å². The van der Waals surface area contributed by atoms with Crippen LogP contribution in [0.3, 0.4) is 0 Å². The lowest BCUT2D eigenvalue weighted by molar-refractivity contribution is -0.384. The van der Waals surface area contributed by atoms with Gasteiger partial charge >= 0.3 is 0 Å². The number of non-ortho nitro benzene ring substituents is 1. The number of carbonyl (C=O) groups excluding carboxylic acids is 1.